The number of hydrogen-bond donors (Lipinski definition) is 3. The van der Waals surface area contributed by atoms with Gasteiger partial charge in [0.1, 0.15) is 17.3 Å². The lowest BCUT2D eigenvalue weighted by molar-refractivity contribution is -0.265. The molecule has 2 aromatic carbocycles. The highest BCUT2D eigenvalue weighted by atomic mass is 35.5. The zero-order valence-corrected chi connectivity index (χ0v) is 25.2. The molecule has 45 heavy (non-hydrogen) atoms. The molecular weight excluding hydrogens is 622 g/mol. The van der Waals surface area contributed by atoms with Crippen molar-refractivity contribution in [3.8, 4) is 28.5 Å². The van der Waals surface area contributed by atoms with Crippen LogP contribution in [0.4, 0.5) is 17.6 Å². The van der Waals surface area contributed by atoms with Gasteiger partial charge in [-0.15, -0.1) is 0 Å². The molecule has 2 unspecified atom stereocenters. The lowest BCUT2D eigenvalue weighted by Gasteiger charge is -2.36. The van der Waals surface area contributed by atoms with Crippen LogP contribution in [0.5, 0.6) is 17.2 Å². The van der Waals surface area contributed by atoms with E-state index in [1.165, 1.54) is 37.4 Å². The molecule has 3 aromatic rings. The van der Waals surface area contributed by atoms with Crippen molar-refractivity contribution in [2.45, 2.75) is 50.0 Å². The van der Waals surface area contributed by atoms with Crippen LogP contribution in [0.25, 0.3) is 11.3 Å². The Hall–Kier alpha value is -4.10. The van der Waals surface area contributed by atoms with E-state index in [1.807, 2.05) is 13.8 Å². The van der Waals surface area contributed by atoms with E-state index in [9.17, 15) is 32.3 Å². The first kappa shape index (κ1) is 32.3. The van der Waals surface area contributed by atoms with Crippen LogP contribution in [-0.4, -0.2) is 61.0 Å². The monoisotopic (exact) mass is 651 g/mol. The van der Waals surface area contributed by atoms with Crippen LogP contribution in [0.2, 0.25) is 5.02 Å². The molecule has 2 amide bonds. The Morgan fingerprint density at radius 2 is 1.96 bits per heavy atom. The first-order valence-corrected chi connectivity index (χ1v) is 14.4. The van der Waals surface area contributed by atoms with Crippen molar-refractivity contribution >= 4 is 23.4 Å². The molecule has 0 radical (unpaired) electrons. The fourth-order valence-electron chi connectivity index (χ4n) is 5.17. The molecule has 1 saturated heterocycles. The number of aliphatic hydroxyl groups is 1. The quantitative estimate of drug-likeness (QED) is 0.292. The molecule has 1 fully saturated rings. The summed E-state index contributed by atoms with van der Waals surface area (Å²) >= 11 is 5.97. The lowest BCUT2D eigenvalue weighted by atomic mass is 9.78. The summed E-state index contributed by atoms with van der Waals surface area (Å²) in [6.07, 6.45) is -5.16. The van der Waals surface area contributed by atoms with Crippen LogP contribution < -0.4 is 24.8 Å². The number of ether oxygens (including phenoxy) is 3. The summed E-state index contributed by atoms with van der Waals surface area (Å²) in [5, 5.41) is 15.8. The molecule has 2 aliphatic rings. The van der Waals surface area contributed by atoms with E-state index in [1.54, 1.807) is 0 Å². The molecule has 5 rings (SSSR count). The number of aromatic nitrogens is 1. The van der Waals surface area contributed by atoms with E-state index in [2.05, 4.69) is 15.6 Å². The summed E-state index contributed by atoms with van der Waals surface area (Å²) in [5.74, 6) is -1.55. The van der Waals surface area contributed by atoms with Crippen molar-refractivity contribution in [3.63, 3.8) is 0 Å². The molecule has 0 aliphatic carbocycles. The molecule has 3 heterocycles. The van der Waals surface area contributed by atoms with Gasteiger partial charge in [0.25, 0.3) is 11.8 Å². The highest BCUT2D eigenvalue weighted by Gasteiger charge is 2.57. The van der Waals surface area contributed by atoms with Gasteiger partial charge in [-0.1, -0.05) is 25.4 Å². The number of halogens is 5. The van der Waals surface area contributed by atoms with Gasteiger partial charge in [-0.2, -0.15) is 13.2 Å². The molecule has 0 saturated carbocycles. The Kier molecular flexibility index (Phi) is 8.62. The van der Waals surface area contributed by atoms with E-state index >= 15 is 0 Å². The predicted octanol–water partition coefficient (Wildman–Crippen LogP) is 5.06. The van der Waals surface area contributed by atoms with E-state index in [-0.39, 0.29) is 51.6 Å². The van der Waals surface area contributed by atoms with Crippen LogP contribution in [0.15, 0.2) is 42.5 Å². The van der Waals surface area contributed by atoms with Crippen LogP contribution in [0, 0.1) is 5.82 Å². The Bertz CT molecular complexity index is 1650. The first-order valence-electron chi connectivity index (χ1n) is 14.0. The SMILES string of the molecule is COc1cc(C(=O)NCC(O)(c2cc3c(c(-c4ccc(F)c(Cl)c4)n2)OCCC3(C)C)C(F)(F)F)ccc1OC1CCNC1=O. The number of hydrogen-bond acceptors (Lipinski definition) is 7. The van der Waals surface area contributed by atoms with Gasteiger partial charge < -0.3 is 30.0 Å². The second kappa shape index (κ2) is 12.0. The van der Waals surface area contributed by atoms with Gasteiger partial charge in [-0.05, 0) is 54.3 Å². The Morgan fingerprint density at radius 3 is 2.60 bits per heavy atom. The Balaban J connectivity index is 1.49. The topological polar surface area (TPSA) is 119 Å². The summed E-state index contributed by atoms with van der Waals surface area (Å²) in [4.78, 5) is 29.1. The molecule has 240 valence electrons. The Labute approximate surface area is 260 Å². The second-order valence-electron chi connectivity index (χ2n) is 11.4. The van der Waals surface area contributed by atoms with Crippen LogP contribution >= 0.6 is 11.6 Å². The molecule has 14 heteroatoms. The van der Waals surface area contributed by atoms with E-state index in [0.29, 0.717) is 24.9 Å². The number of nitrogens with zero attached hydrogens (tertiary/aromatic N) is 1. The smallest absolute Gasteiger partial charge is 0.424 e. The zero-order chi connectivity index (χ0) is 32.7. The third kappa shape index (κ3) is 6.23. The third-order valence-corrected chi connectivity index (χ3v) is 8.25. The summed E-state index contributed by atoms with van der Waals surface area (Å²) in [5.41, 5.74) is -4.75. The Morgan fingerprint density at radius 1 is 1.20 bits per heavy atom. The number of fused-ring (bicyclic) bond motifs is 1. The van der Waals surface area contributed by atoms with Gasteiger partial charge in [0, 0.05) is 29.7 Å². The standard InChI is InChI=1S/C31H30ClF4N3O6/c1-29(2)9-11-44-26-18(29)14-24(39-25(26)16-4-6-20(33)19(32)12-16)30(42,31(34,35)36)15-38-27(40)17-5-7-21(23(13-17)43-3)45-22-8-10-37-28(22)41/h4-7,12-14,22,42H,8-11,15H2,1-3H3,(H,37,41)(H,38,40). The molecule has 0 spiro atoms. The summed E-state index contributed by atoms with van der Waals surface area (Å²) in [7, 11) is 1.31. The number of pyridine rings is 1. The number of benzene rings is 2. The molecular formula is C31H30ClF4N3O6. The number of methoxy groups -OCH3 is 1. The van der Waals surface area contributed by atoms with Gasteiger partial charge in [0.15, 0.2) is 17.6 Å². The molecule has 2 atom stereocenters. The molecule has 3 N–H and O–H groups in total. The second-order valence-corrected chi connectivity index (χ2v) is 11.8. The van der Waals surface area contributed by atoms with E-state index in [0.717, 1.165) is 12.1 Å². The van der Waals surface area contributed by atoms with Crippen LogP contribution in [0.1, 0.15) is 48.3 Å². The average Bonchev–Trinajstić information content (AvgIpc) is 3.40. The fourth-order valence-corrected chi connectivity index (χ4v) is 5.35. The van der Waals surface area contributed by atoms with Gasteiger partial charge in [-0.25, -0.2) is 9.37 Å². The number of carbonyl (C=O) groups excluding carboxylic acids is 2. The lowest BCUT2D eigenvalue weighted by Crippen LogP contribution is -2.51. The van der Waals surface area contributed by atoms with Gasteiger partial charge in [0.05, 0.1) is 31.0 Å². The van der Waals surface area contributed by atoms with E-state index < -0.39 is 47.3 Å². The molecule has 0 bridgehead atoms. The molecule has 1 aromatic heterocycles. The van der Waals surface area contributed by atoms with Crippen molar-refractivity contribution in [2.24, 2.45) is 0 Å². The van der Waals surface area contributed by atoms with Gasteiger partial charge in [0.2, 0.25) is 5.60 Å². The van der Waals surface area contributed by atoms with Crippen molar-refractivity contribution in [1.29, 1.82) is 0 Å². The van der Waals surface area contributed by atoms with Crippen molar-refractivity contribution in [1.82, 2.24) is 15.6 Å². The summed E-state index contributed by atoms with van der Waals surface area (Å²) < 4.78 is 74.8. The van der Waals surface area contributed by atoms with Gasteiger partial charge in [-0.3, -0.25) is 9.59 Å². The highest BCUT2D eigenvalue weighted by Crippen LogP contribution is 2.47. The molecule has 2 aliphatic heterocycles. The van der Waals surface area contributed by atoms with Crippen LogP contribution in [-0.2, 0) is 15.8 Å². The number of amides is 2. The predicted molar refractivity (Wildman–Crippen MR) is 155 cm³/mol. The number of rotatable bonds is 8. The normalized spacial score (nSPS) is 18.7. The summed E-state index contributed by atoms with van der Waals surface area (Å²) in [6.45, 7) is 3.03. The number of nitrogens with one attached hydrogen (secondary N) is 2. The van der Waals surface area contributed by atoms with Crippen molar-refractivity contribution in [3.05, 3.63) is 70.1 Å². The minimum atomic E-state index is -5.30. The minimum Gasteiger partial charge on any atom is -0.493 e. The fraction of sp³-hybridized carbons (Fsp3) is 0.387. The summed E-state index contributed by atoms with van der Waals surface area (Å²) in [6, 6.07) is 8.59. The number of alkyl halides is 3. The minimum absolute atomic E-state index is 0.0672. The maximum Gasteiger partial charge on any atom is 0.424 e. The number of carbonyl (C=O) groups is 2. The maximum absolute atomic E-state index is 14.7. The maximum atomic E-state index is 14.7. The van der Waals surface area contributed by atoms with Crippen LogP contribution in [0.3, 0.4) is 0 Å². The largest absolute Gasteiger partial charge is 0.493 e. The average molecular weight is 652 g/mol. The van der Waals surface area contributed by atoms with Gasteiger partial charge >= 0.3 is 6.18 Å². The zero-order valence-electron chi connectivity index (χ0n) is 24.5. The molecule has 9 nitrogen and oxygen atoms in total. The third-order valence-electron chi connectivity index (χ3n) is 7.96. The van der Waals surface area contributed by atoms with E-state index in [4.69, 9.17) is 25.8 Å². The van der Waals surface area contributed by atoms with Crippen molar-refractivity contribution < 1.29 is 46.5 Å². The van der Waals surface area contributed by atoms with Crippen molar-refractivity contribution in [2.75, 3.05) is 26.8 Å². The first-order chi connectivity index (χ1) is 21.1. The highest BCUT2D eigenvalue weighted by molar-refractivity contribution is 6.31.